The second-order valence-corrected chi connectivity index (χ2v) is 9.31. The van der Waals surface area contributed by atoms with Crippen LogP contribution in [0.2, 0.25) is 0 Å². The number of nitrogens with zero attached hydrogens (tertiary/aromatic N) is 1. The van der Waals surface area contributed by atoms with E-state index in [0.717, 1.165) is 21.5 Å². The fourth-order valence-electron chi connectivity index (χ4n) is 2.49. The molecular weight excluding hydrogens is 350 g/mol. The van der Waals surface area contributed by atoms with Crippen LogP contribution in [-0.4, -0.2) is 38.5 Å². The predicted octanol–water partition coefficient (Wildman–Crippen LogP) is 3.01. The molecule has 1 saturated heterocycles. The highest BCUT2D eigenvalue weighted by Crippen LogP contribution is 2.34. The number of methoxy groups -OCH3 is 1. The summed E-state index contributed by atoms with van der Waals surface area (Å²) in [5.41, 5.74) is 0. The molecule has 7 heteroatoms. The maximum atomic E-state index is 12.7. The van der Waals surface area contributed by atoms with Gasteiger partial charge in [-0.3, -0.25) is 0 Å². The molecule has 1 aromatic heterocycles. The number of hydrogen-bond donors (Lipinski definition) is 0. The topological polar surface area (TPSA) is 46.6 Å². The van der Waals surface area contributed by atoms with Crippen molar-refractivity contribution in [1.82, 2.24) is 4.31 Å². The lowest BCUT2D eigenvalue weighted by atomic mass is 10.0. The van der Waals surface area contributed by atoms with Crippen molar-refractivity contribution in [3.63, 3.8) is 0 Å². The molecule has 0 bridgehead atoms. The summed E-state index contributed by atoms with van der Waals surface area (Å²) in [7, 11) is -1.71. The maximum Gasteiger partial charge on any atom is 0.244 e. The van der Waals surface area contributed by atoms with Crippen LogP contribution in [0.5, 0.6) is 0 Å². The van der Waals surface area contributed by atoms with Gasteiger partial charge in [0.15, 0.2) is 0 Å². The molecule has 2 unspecified atom stereocenters. The molecule has 0 aromatic carbocycles. The number of rotatable bonds is 3. The Morgan fingerprint density at radius 2 is 2.21 bits per heavy atom. The molecule has 0 aliphatic carbocycles. The second kappa shape index (κ2) is 5.81. The van der Waals surface area contributed by atoms with E-state index in [-0.39, 0.29) is 12.1 Å². The highest BCUT2D eigenvalue weighted by Gasteiger charge is 2.35. The summed E-state index contributed by atoms with van der Waals surface area (Å²) < 4.78 is 33.2. The Labute approximate surface area is 126 Å². The molecule has 0 saturated carbocycles. The van der Waals surface area contributed by atoms with Gasteiger partial charge in [0.25, 0.3) is 0 Å². The Balaban J connectivity index is 2.28. The van der Waals surface area contributed by atoms with Crippen molar-refractivity contribution in [3.05, 3.63) is 14.7 Å². The van der Waals surface area contributed by atoms with Crippen LogP contribution < -0.4 is 0 Å². The minimum atomic E-state index is -3.39. The van der Waals surface area contributed by atoms with Gasteiger partial charge in [-0.1, -0.05) is 0 Å². The van der Waals surface area contributed by atoms with E-state index in [1.165, 1.54) is 11.3 Å². The fourth-order valence-corrected chi connectivity index (χ4v) is 6.53. The van der Waals surface area contributed by atoms with Gasteiger partial charge in [-0.25, -0.2) is 8.42 Å². The third kappa shape index (κ3) is 3.05. The van der Waals surface area contributed by atoms with E-state index in [0.29, 0.717) is 11.4 Å². The zero-order chi connectivity index (χ0) is 14.2. The molecule has 1 fully saturated rings. The number of ether oxygens (including phenoxy) is 1. The Morgan fingerprint density at radius 3 is 2.68 bits per heavy atom. The van der Waals surface area contributed by atoms with Crippen LogP contribution >= 0.6 is 27.3 Å². The van der Waals surface area contributed by atoms with E-state index in [2.05, 4.69) is 15.9 Å². The van der Waals surface area contributed by atoms with E-state index in [4.69, 9.17) is 4.74 Å². The fraction of sp³-hybridized carbons (Fsp3) is 0.667. The largest absolute Gasteiger partial charge is 0.381 e. The lowest BCUT2D eigenvalue weighted by molar-refractivity contribution is 0.0422. The summed E-state index contributed by atoms with van der Waals surface area (Å²) in [5.74, 6) is 0. The normalized spacial score (nSPS) is 25.7. The first-order chi connectivity index (χ1) is 8.86. The molecule has 2 heterocycles. The van der Waals surface area contributed by atoms with Crippen molar-refractivity contribution < 1.29 is 13.2 Å². The zero-order valence-corrected chi connectivity index (χ0v) is 14.4. The molecule has 2 rings (SSSR count). The van der Waals surface area contributed by atoms with Crippen LogP contribution in [0.4, 0.5) is 0 Å². The van der Waals surface area contributed by atoms with Gasteiger partial charge in [-0.15, -0.1) is 11.3 Å². The van der Waals surface area contributed by atoms with Crippen molar-refractivity contribution in [2.24, 2.45) is 0 Å². The number of hydrogen-bond acceptors (Lipinski definition) is 4. The minimum absolute atomic E-state index is 0.0261. The van der Waals surface area contributed by atoms with Crippen LogP contribution in [-0.2, 0) is 14.8 Å². The maximum absolute atomic E-state index is 12.7. The Bertz CT molecular complexity index is 555. The van der Waals surface area contributed by atoms with Gasteiger partial charge in [0.1, 0.15) is 0 Å². The van der Waals surface area contributed by atoms with E-state index >= 15 is 0 Å². The first-order valence-corrected chi connectivity index (χ1v) is 9.21. The molecule has 0 radical (unpaired) electrons. The van der Waals surface area contributed by atoms with Crippen molar-refractivity contribution >= 4 is 37.3 Å². The Hall–Kier alpha value is 0.0500. The third-order valence-electron chi connectivity index (χ3n) is 3.53. The molecule has 108 valence electrons. The Kier molecular flexibility index (Phi) is 4.72. The smallest absolute Gasteiger partial charge is 0.244 e. The number of halogens is 1. The molecular formula is C12H18BrNO3S2. The number of piperidine rings is 1. The number of aryl methyl sites for hydroxylation is 1. The summed E-state index contributed by atoms with van der Waals surface area (Å²) in [4.78, 5) is 1.25. The van der Waals surface area contributed by atoms with Gasteiger partial charge < -0.3 is 4.74 Å². The number of thiophene rings is 1. The third-order valence-corrected chi connectivity index (χ3v) is 7.35. The van der Waals surface area contributed by atoms with Crippen molar-refractivity contribution in [2.75, 3.05) is 13.7 Å². The van der Waals surface area contributed by atoms with Crippen LogP contribution in [0.1, 0.15) is 24.6 Å². The monoisotopic (exact) mass is 367 g/mol. The lowest BCUT2D eigenvalue weighted by Crippen LogP contribution is -2.46. The van der Waals surface area contributed by atoms with Gasteiger partial charge in [0.2, 0.25) is 10.0 Å². The SMILES string of the molecule is COC1CCN(S(=O)(=O)c2cc(Br)sc2C)C(C)C1. The van der Waals surface area contributed by atoms with Crippen molar-refractivity contribution in [1.29, 1.82) is 0 Å². The van der Waals surface area contributed by atoms with Crippen molar-refractivity contribution in [2.45, 2.75) is 43.7 Å². The van der Waals surface area contributed by atoms with Gasteiger partial charge in [-0.2, -0.15) is 4.31 Å². The van der Waals surface area contributed by atoms with E-state index < -0.39 is 10.0 Å². The molecule has 0 spiro atoms. The molecule has 1 aliphatic heterocycles. The average molecular weight is 368 g/mol. The van der Waals surface area contributed by atoms with Gasteiger partial charge in [-0.05, 0) is 48.7 Å². The number of sulfonamides is 1. The Morgan fingerprint density at radius 1 is 1.53 bits per heavy atom. The van der Waals surface area contributed by atoms with Crippen LogP contribution in [0.15, 0.2) is 14.7 Å². The summed E-state index contributed by atoms with van der Waals surface area (Å²) in [6.07, 6.45) is 1.67. The zero-order valence-electron chi connectivity index (χ0n) is 11.2. The molecule has 4 nitrogen and oxygen atoms in total. The second-order valence-electron chi connectivity index (χ2n) is 4.82. The first-order valence-electron chi connectivity index (χ1n) is 6.17. The summed E-state index contributed by atoms with van der Waals surface area (Å²) in [6.45, 7) is 4.31. The van der Waals surface area contributed by atoms with Crippen molar-refractivity contribution in [3.8, 4) is 0 Å². The van der Waals surface area contributed by atoms with E-state index in [1.807, 2.05) is 13.8 Å². The van der Waals surface area contributed by atoms with E-state index in [9.17, 15) is 8.42 Å². The summed E-state index contributed by atoms with van der Waals surface area (Å²) in [6, 6.07) is 1.67. The van der Waals surface area contributed by atoms with Crippen LogP contribution in [0, 0.1) is 6.92 Å². The quantitative estimate of drug-likeness (QED) is 0.824. The molecule has 2 atom stereocenters. The van der Waals surface area contributed by atoms with Gasteiger partial charge in [0, 0.05) is 24.6 Å². The highest BCUT2D eigenvalue weighted by molar-refractivity contribution is 9.11. The molecule has 1 aromatic rings. The van der Waals surface area contributed by atoms with Crippen LogP contribution in [0.3, 0.4) is 0 Å². The summed E-state index contributed by atoms with van der Waals surface area (Å²) >= 11 is 4.80. The van der Waals surface area contributed by atoms with Crippen LogP contribution in [0.25, 0.3) is 0 Å². The minimum Gasteiger partial charge on any atom is -0.381 e. The lowest BCUT2D eigenvalue weighted by Gasteiger charge is -2.36. The highest BCUT2D eigenvalue weighted by atomic mass is 79.9. The molecule has 0 amide bonds. The first kappa shape index (κ1) is 15.4. The predicted molar refractivity (Wildman–Crippen MR) is 80.1 cm³/mol. The molecule has 0 N–H and O–H groups in total. The van der Waals surface area contributed by atoms with E-state index in [1.54, 1.807) is 17.5 Å². The van der Waals surface area contributed by atoms with Gasteiger partial charge in [0.05, 0.1) is 14.8 Å². The standard InChI is InChI=1S/C12H18BrNO3S2/c1-8-6-10(17-3)4-5-14(8)19(15,16)11-7-12(13)18-9(11)2/h7-8,10H,4-6H2,1-3H3. The van der Waals surface area contributed by atoms with Gasteiger partial charge >= 0.3 is 0 Å². The summed E-state index contributed by atoms with van der Waals surface area (Å²) in [5, 5.41) is 0. The average Bonchev–Trinajstić information content (AvgIpc) is 2.68. The molecule has 19 heavy (non-hydrogen) atoms. The molecule has 1 aliphatic rings.